The van der Waals surface area contributed by atoms with Gasteiger partial charge in [-0.3, -0.25) is 4.79 Å². The molecule has 0 radical (unpaired) electrons. The fraction of sp³-hybridized carbons (Fsp3) is 0.290. The Hall–Kier alpha value is -4.54. The minimum atomic E-state index is -0.576. The first-order valence-electron chi connectivity index (χ1n) is 13.4. The second-order valence-electron chi connectivity index (χ2n) is 9.96. The van der Waals surface area contributed by atoms with Crippen LogP contribution in [0.25, 0.3) is 21.5 Å². The number of ether oxygens (including phenoxy) is 5. The van der Waals surface area contributed by atoms with Crippen LogP contribution in [0.15, 0.2) is 60.7 Å². The highest BCUT2D eigenvalue weighted by Gasteiger charge is 2.25. The quantitative estimate of drug-likeness (QED) is 0.207. The molecule has 2 atom stereocenters. The first kappa shape index (κ1) is 26.7. The van der Waals surface area contributed by atoms with Crippen LogP contribution in [0, 0.1) is 0 Å². The van der Waals surface area contributed by atoms with Crippen LogP contribution >= 0.6 is 0 Å². The third kappa shape index (κ3) is 6.45. The summed E-state index contributed by atoms with van der Waals surface area (Å²) in [5.41, 5.74) is 4.12. The summed E-state index contributed by atoms with van der Waals surface area (Å²) in [4.78, 5) is 29.4. The molecule has 10 heteroatoms. The van der Waals surface area contributed by atoms with E-state index in [0.29, 0.717) is 50.1 Å². The number of hydrogen-bond acceptors (Lipinski definition) is 8. The molecular formula is C31H30N2O8. The number of carbonyl (C=O) groups excluding carboxylic acids is 2. The number of amides is 2. The summed E-state index contributed by atoms with van der Waals surface area (Å²) in [6.07, 6.45) is 0.0112. The maximum atomic E-state index is 11.9. The lowest BCUT2D eigenvalue weighted by Crippen LogP contribution is -2.24. The summed E-state index contributed by atoms with van der Waals surface area (Å²) in [7, 11) is 1.50. The highest BCUT2D eigenvalue weighted by atomic mass is 16.7. The predicted octanol–water partition coefficient (Wildman–Crippen LogP) is 4.29. The third-order valence-corrected chi connectivity index (χ3v) is 6.86. The van der Waals surface area contributed by atoms with E-state index in [9.17, 15) is 9.59 Å². The molecule has 2 fully saturated rings. The van der Waals surface area contributed by atoms with Gasteiger partial charge in [-0.1, -0.05) is 24.3 Å². The van der Waals surface area contributed by atoms with Crippen LogP contribution in [-0.2, 0) is 20.7 Å². The molecule has 2 saturated heterocycles. The van der Waals surface area contributed by atoms with Crippen molar-refractivity contribution in [2.24, 2.45) is 0 Å². The largest absolute Gasteiger partial charge is 0.491 e. The van der Waals surface area contributed by atoms with E-state index in [2.05, 4.69) is 10.8 Å². The molecule has 6 rings (SSSR count). The fourth-order valence-electron chi connectivity index (χ4n) is 4.59. The first-order valence-corrected chi connectivity index (χ1v) is 13.4. The minimum absolute atomic E-state index is 0.0763. The number of carbonyl (C=O) groups is 2. The molecule has 0 spiro atoms. The average molecular weight is 559 g/mol. The summed E-state index contributed by atoms with van der Waals surface area (Å²) in [5.74, 6) is 1.92. The highest BCUT2D eigenvalue weighted by Crippen LogP contribution is 2.38. The summed E-state index contributed by atoms with van der Waals surface area (Å²) < 4.78 is 28.4. The predicted molar refractivity (Wildman–Crippen MR) is 151 cm³/mol. The zero-order chi connectivity index (χ0) is 28.3. The van der Waals surface area contributed by atoms with E-state index in [4.69, 9.17) is 28.5 Å². The lowest BCUT2D eigenvalue weighted by Gasteiger charge is -2.18. The average Bonchev–Trinajstić information content (AvgIpc) is 3.90. The smallest absolute Gasteiger partial charge is 0.412 e. The van der Waals surface area contributed by atoms with Gasteiger partial charge < -0.3 is 33.8 Å². The van der Waals surface area contributed by atoms with E-state index in [0.717, 1.165) is 38.4 Å². The van der Waals surface area contributed by atoms with Gasteiger partial charge >= 0.3 is 6.09 Å². The Morgan fingerprint density at radius 1 is 0.805 bits per heavy atom. The Balaban J connectivity index is 1.47. The van der Waals surface area contributed by atoms with Gasteiger partial charge in [0.1, 0.15) is 42.7 Å². The molecule has 0 bridgehead atoms. The maximum absolute atomic E-state index is 11.9. The zero-order valence-corrected chi connectivity index (χ0v) is 22.7. The standard InChI is InChI=1S/C31H30N2O8/c1-18(34)33-41-30-10-6-20-4-8-22(40-31(35)32-2)12-26(20)28(30)13-27-25-11-21(36-14-23-15-37-23)7-3-19(25)5-9-29(27)39-17-24-16-38-24/h3-12,23-24H,13-17H2,1-2H3,(H,32,35)(H,33,34). The number of epoxide rings is 2. The summed E-state index contributed by atoms with van der Waals surface area (Å²) >= 11 is 0. The molecule has 2 amide bonds. The van der Waals surface area contributed by atoms with Crippen molar-refractivity contribution >= 4 is 33.5 Å². The first-order chi connectivity index (χ1) is 20.0. The van der Waals surface area contributed by atoms with E-state index >= 15 is 0 Å². The van der Waals surface area contributed by atoms with E-state index in [-0.39, 0.29) is 18.1 Å². The van der Waals surface area contributed by atoms with Gasteiger partial charge in [0.15, 0.2) is 5.75 Å². The van der Waals surface area contributed by atoms with Crippen molar-refractivity contribution < 1.29 is 38.1 Å². The van der Waals surface area contributed by atoms with Crippen molar-refractivity contribution in [3.05, 3.63) is 71.8 Å². The van der Waals surface area contributed by atoms with E-state index < -0.39 is 6.09 Å². The molecule has 4 aromatic carbocycles. The monoisotopic (exact) mass is 558 g/mol. The van der Waals surface area contributed by atoms with Crippen molar-refractivity contribution in [1.82, 2.24) is 10.8 Å². The van der Waals surface area contributed by atoms with Crippen molar-refractivity contribution in [2.75, 3.05) is 33.5 Å². The van der Waals surface area contributed by atoms with Gasteiger partial charge in [-0.15, -0.1) is 0 Å². The minimum Gasteiger partial charge on any atom is -0.491 e. The van der Waals surface area contributed by atoms with Crippen molar-refractivity contribution in [1.29, 1.82) is 0 Å². The topological polar surface area (TPSA) is 120 Å². The summed E-state index contributed by atoms with van der Waals surface area (Å²) in [5, 5.41) is 6.12. The summed E-state index contributed by atoms with van der Waals surface area (Å²) in [6, 6.07) is 19.0. The molecule has 2 aliphatic rings. The van der Waals surface area contributed by atoms with Crippen LogP contribution in [0.3, 0.4) is 0 Å². The molecule has 212 valence electrons. The SMILES string of the molecule is CNC(=O)Oc1ccc2ccc(ONC(C)=O)c(Cc3c(OCC4CO4)ccc4ccc(OCC5CO5)cc34)c2c1. The Kier molecular flexibility index (Phi) is 7.49. The molecule has 2 N–H and O–H groups in total. The summed E-state index contributed by atoms with van der Waals surface area (Å²) in [6.45, 7) is 3.69. The molecule has 2 aliphatic heterocycles. The Morgan fingerprint density at radius 2 is 1.37 bits per heavy atom. The lowest BCUT2D eigenvalue weighted by atomic mass is 9.93. The fourth-order valence-corrected chi connectivity index (χ4v) is 4.59. The number of hydrogen-bond donors (Lipinski definition) is 2. The Labute approximate surface area is 236 Å². The van der Waals surface area contributed by atoms with E-state index in [1.165, 1.54) is 14.0 Å². The zero-order valence-electron chi connectivity index (χ0n) is 22.7. The number of hydroxylamine groups is 1. The van der Waals surface area contributed by atoms with Crippen LogP contribution in [0.2, 0.25) is 0 Å². The second-order valence-corrected chi connectivity index (χ2v) is 9.96. The molecule has 41 heavy (non-hydrogen) atoms. The van der Waals surface area contributed by atoms with Crippen molar-refractivity contribution in [3.63, 3.8) is 0 Å². The maximum Gasteiger partial charge on any atom is 0.412 e. The molecule has 0 aromatic heterocycles. The van der Waals surface area contributed by atoms with Crippen LogP contribution in [0.1, 0.15) is 18.1 Å². The molecule has 2 heterocycles. The van der Waals surface area contributed by atoms with Crippen LogP contribution < -0.4 is 29.8 Å². The van der Waals surface area contributed by atoms with Crippen LogP contribution in [0.4, 0.5) is 4.79 Å². The second kappa shape index (κ2) is 11.5. The molecule has 10 nitrogen and oxygen atoms in total. The van der Waals surface area contributed by atoms with E-state index in [1.807, 2.05) is 42.5 Å². The number of benzene rings is 4. The van der Waals surface area contributed by atoms with Gasteiger partial charge in [-0.05, 0) is 57.9 Å². The Bertz CT molecular complexity index is 1610. The van der Waals surface area contributed by atoms with Gasteiger partial charge in [-0.25, -0.2) is 4.79 Å². The van der Waals surface area contributed by atoms with E-state index in [1.54, 1.807) is 18.2 Å². The molecule has 2 unspecified atom stereocenters. The molecule has 0 saturated carbocycles. The number of nitrogens with one attached hydrogen (secondary N) is 2. The lowest BCUT2D eigenvalue weighted by molar-refractivity contribution is -0.125. The normalized spacial score (nSPS) is 17.1. The molecule has 0 aliphatic carbocycles. The van der Waals surface area contributed by atoms with Gasteiger partial charge in [-0.2, -0.15) is 5.48 Å². The number of fused-ring (bicyclic) bond motifs is 2. The Morgan fingerprint density at radius 3 is 2.00 bits per heavy atom. The van der Waals surface area contributed by atoms with Crippen molar-refractivity contribution in [2.45, 2.75) is 25.6 Å². The third-order valence-electron chi connectivity index (χ3n) is 6.86. The molecule has 4 aromatic rings. The number of rotatable bonds is 11. The van der Waals surface area contributed by atoms with Crippen molar-refractivity contribution in [3.8, 4) is 23.0 Å². The van der Waals surface area contributed by atoms with Crippen LogP contribution in [-0.4, -0.2) is 57.7 Å². The van der Waals surface area contributed by atoms with Gasteiger partial charge in [0.05, 0.1) is 13.2 Å². The van der Waals surface area contributed by atoms with Crippen LogP contribution in [0.5, 0.6) is 23.0 Å². The highest BCUT2D eigenvalue weighted by molar-refractivity contribution is 5.93. The van der Waals surface area contributed by atoms with Gasteiger partial charge in [0.25, 0.3) is 0 Å². The molecular weight excluding hydrogens is 528 g/mol. The van der Waals surface area contributed by atoms with Gasteiger partial charge in [0.2, 0.25) is 5.91 Å². The van der Waals surface area contributed by atoms with Gasteiger partial charge in [0, 0.05) is 31.5 Å².